The van der Waals surface area contributed by atoms with E-state index in [1.807, 2.05) is 13.8 Å². The summed E-state index contributed by atoms with van der Waals surface area (Å²) in [6, 6.07) is 0. The van der Waals surface area contributed by atoms with E-state index in [0.29, 0.717) is 17.1 Å². The lowest BCUT2D eigenvalue weighted by atomic mass is 10.1. The van der Waals surface area contributed by atoms with Gasteiger partial charge in [0.05, 0.1) is 15.8 Å². The van der Waals surface area contributed by atoms with Crippen LogP contribution in [0.1, 0.15) is 36.8 Å². The summed E-state index contributed by atoms with van der Waals surface area (Å²) < 4.78 is 1.58. The molecular weight excluding hydrogens is 168 g/mol. The van der Waals surface area contributed by atoms with E-state index in [1.165, 1.54) is 6.20 Å². The molecule has 0 radical (unpaired) electrons. The van der Waals surface area contributed by atoms with Gasteiger partial charge in [-0.25, -0.2) is 0 Å². The van der Waals surface area contributed by atoms with Crippen molar-refractivity contribution in [3.05, 3.63) is 33.4 Å². The number of hydrogen-bond acceptors (Lipinski definition) is 2. The van der Waals surface area contributed by atoms with Crippen LogP contribution >= 0.6 is 0 Å². The Morgan fingerprint density at radius 3 is 2.46 bits per heavy atom. The number of aromatic nitrogens is 2. The molecule has 0 bridgehead atoms. The van der Waals surface area contributed by atoms with Gasteiger partial charge in [0, 0.05) is 11.8 Å². The Morgan fingerprint density at radius 1 is 1.46 bits per heavy atom. The van der Waals surface area contributed by atoms with Crippen LogP contribution in [-0.2, 0) is 0 Å². The highest BCUT2D eigenvalue weighted by molar-refractivity contribution is 5.12. The molecule has 0 atom stereocenters. The van der Waals surface area contributed by atoms with E-state index < -0.39 is 0 Å². The van der Waals surface area contributed by atoms with Gasteiger partial charge in [0.25, 0.3) is 5.69 Å². The van der Waals surface area contributed by atoms with Gasteiger partial charge in [0.1, 0.15) is 0 Å². The van der Waals surface area contributed by atoms with Crippen molar-refractivity contribution in [3.63, 3.8) is 0 Å². The number of nitrogens with zero attached hydrogens (tertiary/aromatic N) is 2. The Balaban J connectivity index is 3.50. The Labute approximate surface area is 77.0 Å². The van der Waals surface area contributed by atoms with Gasteiger partial charge in [0.15, 0.2) is 0 Å². The van der Waals surface area contributed by atoms with Crippen LogP contribution in [0.25, 0.3) is 0 Å². The normalized spacial score (nSPS) is 10.8. The molecular formula is C9H14N2O2. The highest BCUT2D eigenvalue weighted by Crippen LogP contribution is 2.13. The minimum Gasteiger partial charge on any atom is -0.805 e. The molecule has 1 aromatic heterocycles. The van der Waals surface area contributed by atoms with E-state index in [2.05, 4.69) is 0 Å². The fourth-order valence-electron chi connectivity index (χ4n) is 1.15. The summed E-state index contributed by atoms with van der Waals surface area (Å²) in [5, 5.41) is 11.5. The minimum absolute atomic E-state index is 0.0667. The lowest BCUT2D eigenvalue weighted by Crippen LogP contribution is -2.25. The summed E-state index contributed by atoms with van der Waals surface area (Å²) in [6.45, 7) is 7.07. The summed E-state index contributed by atoms with van der Waals surface area (Å²) in [6.07, 6.45) is 1.35. The Bertz CT molecular complexity index is 380. The van der Waals surface area contributed by atoms with Crippen LogP contribution in [0.5, 0.6) is 0 Å². The second-order valence-corrected chi connectivity index (χ2v) is 3.50. The SMILES string of the molecule is Cc1c(C)[n+](=O)cc(C(C)C)n1[O-]. The molecule has 0 aromatic carbocycles. The van der Waals surface area contributed by atoms with Crippen LogP contribution in [0.4, 0.5) is 0 Å². The van der Waals surface area contributed by atoms with Crippen molar-refractivity contribution in [1.29, 1.82) is 0 Å². The van der Waals surface area contributed by atoms with Crippen LogP contribution in [0.15, 0.2) is 6.20 Å². The van der Waals surface area contributed by atoms with Crippen molar-refractivity contribution in [2.24, 2.45) is 0 Å². The maximum atomic E-state index is 11.5. The molecule has 4 heteroatoms. The molecule has 4 nitrogen and oxygen atoms in total. The molecule has 0 amide bonds. The maximum Gasteiger partial charge on any atom is 0.255 e. The third kappa shape index (κ3) is 1.56. The molecule has 0 saturated heterocycles. The summed E-state index contributed by atoms with van der Waals surface area (Å²) in [5.41, 5.74) is 1.44. The Kier molecular flexibility index (Phi) is 2.40. The lowest BCUT2D eigenvalue weighted by molar-refractivity contribution is -0.504. The minimum atomic E-state index is 0.0667. The standard InChI is InChI=1S/C9H14N2O2/c1-6(2)9-5-10(12)7(3)8(4)11(9)13/h5-6H,1-4H3. The van der Waals surface area contributed by atoms with Gasteiger partial charge in [-0.1, -0.05) is 13.8 Å². The van der Waals surface area contributed by atoms with Gasteiger partial charge < -0.3 is 9.94 Å². The van der Waals surface area contributed by atoms with Crippen molar-refractivity contribution in [1.82, 2.24) is 4.73 Å². The van der Waals surface area contributed by atoms with Crippen molar-refractivity contribution in [2.75, 3.05) is 0 Å². The zero-order valence-corrected chi connectivity index (χ0v) is 8.37. The number of hydrogen-bond donors (Lipinski definition) is 0. The molecule has 0 spiro atoms. The zero-order chi connectivity index (χ0) is 10.2. The second kappa shape index (κ2) is 3.20. The van der Waals surface area contributed by atoms with E-state index in [9.17, 15) is 10.1 Å². The fourth-order valence-corrected chi connectivity index (χ4v) is 1.15. The van der Waals surface area contributed by atoms with Gasteiger partial charge in [-0.05, 0) is 12.8 Å². The quantitative estimate of drug-likeness (QED) is 0.618. The fraction of sp³-hybridized carbons (Fsp3) is 0.556. The third-order valence-electron chi connectivity index (χ3n) is 2.23. The van der Waals surface area contributed by atoms with Crippen molar-refractivity contribution in [3.8, 4) is 0 Å². The van der Waals surface area contributed by atoms with Crippen LogP contribution in [0.2, 0.25) is 0 Å². The van der Waals surface area contributed by atoms with Gasteiger partial charge in [-0.15, -0.1) is 0 Å². The average Bonchev–Trinajstić information content (AvgIpc) is 2.07. The molecule has 0 aliphatic heterocycles. The zero-order valence-electron chi connectivity index (χ0n) is 8.37. The summed E-state index contributed by atoms with van der Waals surface area (Å²) in [4.78, 5) is 11.3. The Hall–Kier alpha value is -1.32. The van der Waals surface area contributed by atoms with Gasteiger partial charge >= 0.3 is 0 Å². The second-order valence-electron chi connectivity index (χ2n) is 3.50. The largest absolute Gasteiger partial charge is 0.805 e. The van der Waals surface area contributed by atoms with Gasteiger partial charge in [-0.3, -0.25) is 0 Å². The van der Waals surface area contributed by atoms with E-state index in [4.69, 9.17) is 0 Å². The third-order valence-corrected chi connectivity index (χ3v) is 2.23. The summed E-state index contributed by atoms with van der Waals surface area (Å²) in [7, 11) is 0. The maximum absolute atomic E-state index is 11.5. The summed E-state index contributed by atoms with van der Waals surface area (Å²) in [5.74, 6) is 0.0667. The number of rotatable bonds is 1. The molecule has 0 fully saturated rings. The smallest absolute Gasteiger partial charge is 0.255 e. The molecule has 1 aromatic rings. The summed E-state index contributed by atoms with van der Waals surface area (Å²) >= 11 is 0. The van der Waals surface area contributed by atoms with E-state index >= 15 is 0 Å². The first kappa shape index (κ1) is 9.77. The average molecular weight is 182 g/mol. The van der Waals surface area contributed by atoms with Crippen LogP contribution in [-0.4, -0.2) is 4.73 Å². The van der Waals surface area contributed by atoms with Gasteiger partial charge in [0.2, 0.25) is 6.20 Å². The monoisotopic (exact) mass is 182 g/mol. The van der Waals surface area contributed by atoms with E-state index in [1.54, 1.807) is 13.8 Å². The molecule has 0 aliphatic rings. The van der Waals surface area contributed by atoms with Crippen LogP contribution in [0.3, 0.4) is 0 Å². The first-order valence-electron chi connectivity index (χ1n) is 4.28. The highest BCUT2D eigenvalue weighted by Gasteiger charge is 2.13. The molecule has 0 saturated carbocycles. The van der Waals surface area contributed by atoms with Crippen LogP contribution < -0.4 is 4.43 Å². The topological polar surface area (TPSA) is 51.0 Å². The van der Waals surface area contributed by atoms with E-state index in [0.717, 1.165) is 9.16 Å². The van der Waals surface area contributed by atoms with Crippen molar-refractivity contribution >= 4 is 0 Å². The molecule has 13 heavy (non-hydrogen) atoms. The molecule has 0 N–H and O–H groups in total. The molecule has 72 valence electrons. The van der Waals surface area contributed by atoms with E-state index in [-0.39, 0.29) is 5.92 Å². The predicted octanol–water partition coefficient (Wildman–Crippen LogP) is 1.49. The van der Waals surface area contributed by atoms with Crippen molar-refractivity contribution < 1.29 is 4.43 Å². The molecule has 0 unspecified atom stereocenters. The predicted molar refractivity (Wildman–Crippen MR) is 50.1 cm³/mol. The Morgan fingerprint density at radius 2 is 2.00 bits per heavy atom. The lowest BCUT2D eigenvalue weighted by Gasteiger charge is -2.19. The highest BCUT2D eigenvalue weighted by atomic mass is 16.5. The van der Waals surface area contributed by atoms with Crippen molar-refractivity contribution in [2.45, 2.75) is 33.6 Å². The molecule has 0 aliphatic carbocycles. The molecule has 1 heterocycles. The van der Waals surface area contributed by atoms with Gasteiger partial charge in [-0.2, -0.15) is 0 Å². The first-order valence-corrected chi connectivity index (χ1v) is 4.28. The first-order chi connectivity index (χ1) is 5.95. The van der Waals surface area contributed by atoms with Crippen LogP contribution in [0, 0.1) is 24.0 Å². The molecule has 1 rings (SSSR count).